The van der Waals surface area contributed by atoms with E-state index >= 15 is 0 Å². The number of hydrogen-bond acceptors (Lipinski definition) is 5. The van der Waals surface area contributed by atoms with Gasteiger partial charge in [-0.05, 0) is 57.7 Å². The van der Waals surface area contributed by atoms with Crippen molar-refractivity contribution in [3.63, 3.8) is 0 Å². The molecule has 0 N–H and O–H groups in total. The number of aromatic nitrogens is 3. The molecule has 0 spiro atoms. The van der Waals surface area contributed by atoms with E-state index in [-0.39, 0.29) is 12.0 Å². The number of piperidine rings is 1. The summed E-state index contributed by atoms with van der Waals surface area (Å²) in [6.45, 7) is 5.54. The number of hydrogen-bond donors (Lipinski definition) is 0. The molecule has 1 aromatic carbocycles. The quantitative estimate of drug-likeness (QED) is 0.549. The highest BCUT2D eigenvalue weighted by Gasteiger charge is 2.61. The Bertz CT molecular complexity index is 1400. The van der Waals surface area contributed by atoms with Crippen LogP contribution in [0.15, 0.2) is 18.2 Å². The van der Waals surface area contributed by atoms with Gasteiger partial charge in [0.1, 0.15) is 17.7 Å². The summed E-state index contributed by atoms with van der Waals surface area (Å²) in [5.74, 6) is 1.63. The molecule has 2 aromatic heterocycles. The van der Waals surface area contributed by atoms with Crippen molar-refractivity contribution in [1.29, 1.82) is 0 Å². The molecule has 2 bridgehead atoms. The molecule has 4 aliphatic rings. The standard InChI is InChI=1S/C26H27ClFN5O2/c1-12-23(27)13(2)33-25(29-12)19-10-32(11-20(19)30-33)26(34)16-5-4-15(28)7-22(16)35-21-8-18-17-6-14(21)9-31(3)24(17)18/h4-5,7,14,17-18,21,24H,6,8-11H2,1-3H3/t14-,17-,18?,21+,24?/m0/s1. The van der Waals surface area contributed by atoms with Crippen LogP contribution in [-0.2, 0) is 13.1 Å². The molecule has 182 valence electrons. The zero-order valence-corrected chi connectivity index (χ0v) is 20.7. The Kier molecular flexibility index (Phi) is 4.56. The molecule has 7 nitrogen and oxygen atoms in total. The van der Waals surface area contributed by atoms with Crippen molar-refractivity contribution in [2.75, 3.05) is 13.6 Å². The molecule has 2 aliphatic carbocycles. The fraction of sp³-hybridized carbons (Fsp3) is 0.500. The van der Waals surface area contributed by atoms with Gasteiger partial charge in [-0.25, -0.2) is 13.9 Å². The van der Waals surface area contributed by atoms with Crippen molar-refractivity contribution >= 4 is 23.2 Å². The predicted octanol–water partition coefficient (Wildman–Crippen LogP) is 4.01. The van der Waals surface area contributed by atoms with Crippen LogP contribution in [0.3, 0.4) is 0 Å². The lowest BCUT2D eigenvalue weighted by atomic mass is 9.85. The van der Waals surface area contributed by atoms with E-state index in [1.807, 2.05) is 13.8 Å². The molecule has 4 heterocycles. The van der Waals surface area contributed by atoms with Crippen LogP contribution in [0.4, 0.5) is 4.39 Å². The maximum atomic E-state index is 14.3. The van der Waals surface area contributed by atoms with Crippen molar-refractivity contribution in [1.82, 2.24) is 24.4 Å². The third-order valence-electron chi connectivity index (χ3n) is 8.62. The molecular weight excluding hydrogens is 469 g/mol. The molecule has 35 heavy (non-hydrogen) atoms. The molecule has 1 saturated heterocycles. The molecule has 3 aromatic rings. The monoisotopic (exact) mass is 495 g/mol. The topological polar surface area (TPSA) is 63.0 Å². The Labute approximate surface area is 207 Å². The Morgan fingerprint density at radius 3 is 2.83 bits per heavy atom. The molecule has 2 saturated carbocycles. The number of ether oxygens (including phenoxy) is 1. The molecule has 5 atom stereocenters. The second kappa shape index (κ2) is 7.40. The first-order chi connectivity index (χ1) is 16.8. The number of fused-ring (bicyclic) bond motifs is 5. The van der Waals surface area contributed by atoms with Gasteiger partial charge in [-0.3, -0.25) is 4.79 Å². The van der Waals surface area contributed by atoms with Crippen LogP contribution >= 0.6 is 11.6 Å². The van der Waals surface area contributed by atoms with Gasteiger partial charge in [-0.2, -0.15) is 5.10 Å². The van der Waals surface area contributed by atoms with Gasteiger partial charge in [-0.15, -0.1) is 0 Å². The lowest BCUT2D eigenvalue weighted by Crippen LogP contribution is -2.40. The van der Waals surface area contributed by atoms with Gasteiger partial charge in [0, 0.05) is 30.1 Å². The van der Waals surface area contributed by atoms with Crippen molar-refractivity contribution in [2.24, 2.45) is 17.8 Å². The Morgan fingerprint density at radius 1 is 1.20 bits per heavy atom. The van der Waals surface area contributed by atoms with Gasteiger partial charge in [-0.1, -0.05) is 11.6 Å². The summed E-state index contributed by atoms with van der Waals surface area (Å²) in [7, 11) is 2.19. The number of carbonyl (C=O) groups is 1. The Hall–Kier alpha value is -2.71. The summed E-state index contributed by atoms with van der Waals surface area (Å²) in [6.07, 6.45) is 2.16. The fourth-order valence-electron chi connectivity index (χ4n) is 6.86. The minimum absolute atomic E-state index is 0.0134. The van der Waals surface area contributed by atoms with Crippen molar-refractivity contribution < 1.29 is 13.9 Å². The predicted molar refractivity (Wildman–Crippen MR) is 128 cm³/mol. The molecule has 0 radical (unpaired) electrons. The Balaban J connectivity index is 1.16. The molecule has 9 heteroatoms. The Morgan fingerprint density at radius 2 is 2.00 bits per heavy atom. The van der Waals surface area contributed by atoms with E-state index in [0.29, 0.717) is 47.3 Å². The first kappa shape index (κ1) is 21.6. The summed E-state index contributed by atoms with van der Waals surface area (Å²) in [5.41, 5.74) is 4.44. The summed E-state index contributed by atoms with van der Waals surface area (Å²) < 4.78 is 22.5. The van der Waals surface area contributed by atoms with Crippen LogP contribution in [0.25, 0.3) is 5.65 Å². The van der Waals surface area contributed by atoms with Gasteiger partial charge in [0.15, 0.2) is 5.65 Å². The van der Waals surface area contributed by atoms with Crippen molar-refractivity contribution in [3.05, 3.63) is 57.2 Å². The van der Waals surface area contributed by atoms with Crippen LogP contribution in [0, 0.1) is 37.4 Å². The van der Waals surface area contributed by atoms with Gasteiger partial charge in [0.05, 0.1) is 40.8 Å². The lowest BCUT2D eigenvalue weighted by Gasteiger charge is -2.35. The number of amides is 1. The normalized spacial score (nSPS) is 28.9. The van der Waals surface area contributed by atoms with Crippen molar-refractivity contribution in [3.8, 4) is 5.75 Å². The van der Waals surface area contributed by atoms with E-state index < -0.39 is 5.82 Å². The first-order valence-electron chi connectivity index (χ1n) is 12.3. The summed E-state index contributed by atoms with van der Waals surface area (Å²) in [6, 6.07) is 4.92. The SMILES string of the molecule is Cc1nc2c3c(nn2c(C)c1Cl)CN(C(=O)c1ccc(F)cc1O[C@@H]1CC2C4[C@H]2C[C@H]1CN4C)C3. The second-order valence-electron chi connectivity index (χ2n) is 10.7. The zero-order chi connectivity index (χ0) is 24.2. The van der Waals surface area contributed by atoms with Crippen molar-refractivity contribution in [2.45, 2.75) is 51.9 Å². The highest BCUT2D eigenvalue weighted by molar-refractivity contribution is 6.31. The molecule has 2 unspecified atom stereocenters. The molecule has 2 aliphatic heterocycles. The highest BCUT2D eigenvalue weighted by Crippen LogP contribution is 2.58. The van der Waals surface area contributed by atoms with Crippen LogP contribution in [0.5, 0.6) is 5.75 Å². The minimum Gasteiger partial charge on any atom is -0.489 e. The third kappa shape index (κ3) is 3.15. The number of halogens is 2. The molecule has 1 amide bonds. The molecule has 3 fully saturated rings. The van der Waals surface area contributed by atoms with Crippen LogP contribution in [-0.4, -0.2) is 56.0 Å². The highest BCUT2D eigenvalue weighted by atomic mass is 35.5. The third-order valence-corrected chi connectivity index (χ3v) is 9.17. The minimum atomic E-state index is -0.396. The first-order valence-corrected chi connectivity index (χ1v) is 12.7. The van der Waals surface area contributed by atoms with Gasteiger partial charge in [0.25, 0.3) is 5.91 Å². The number of carbonyl (C=O) groups excluding carboxylic acids is 1. The number of benzene rings is 1. The number of likely N-dealkylation sites (tertiary alicyclic amines) is 1. The zero-order valence-electron chi connectivity index (χ0n) is 20.0. The fourth-order valence-corrected chi connectivity index (χ4v) is 6.98. The van der Waals surface area contributed by atoms with E-state index in [1.165, 1.54) is 18.6 Å². The van der Waals surface area contributed by atoms with Gasteiger partial charge >= 0.3 is 0 Å². The summed E-state index contributed by atoms with van der Waals surface area (Å²) in [4.78, 5) is 22.4. The number of nitrogens with zero attached hydrogens (tertiary/aromatic N) is 5. The van der Waals surface area contributed by atoms with Crippen LogP contribution < -0.4 is 4.74 Å². The maximum absolute atomic E-state index is 14.3. The van der Waals surface area contributed by atoms with Gasteiger partial charge < -0.3 is 14.5 Å². The average molecular weight is 496 g/mol. The molecule has 7 rings (SSSR count). The largest absolute Gasteiger partial charge is 0.489 e. The maximum Gasteiger partial charge on any atom is 0.258 e. The second-order valence-corrected chi connectivity index (χ2v) is 11.1. The van der Waals surface area contributed by atoms with Crippen LogP contribution in [0.1, 0.15) is 45.8 Å². The van der Waals surface area contributed by atoms with E-state index in [2.05, 4.69) is 22.0 Å². The average Bonchev–Trinajstić information content (AvgIpc) is 3.28. The number of aryl methyl sites for hydroxylation is 2. The lowest BCUT2D eigenvalue weighted by molar-refractivity contribution is 0.0612. The number of rotatable bonds is 3. The van der Waals surface area contributed by atoms with E-state index in [4.69, 9.17) is 16.3 Å². The van der Waals surface area contributed by atoms with E-state index in [1.54, 1.807) is 15.5 Å². The van der Waals surface area contributed by atoms with Gasteiger partial charge in [0.2, 0.25) is 0 Å². The molecular formula is C26H27ClFN5O2. The summed E-state index contributed by atoms with van der Waals surface area (Å²) >= 11 is 6.36. The van der Waals surface area contributed by atoms with E-state index in [9.17, 15) is 9.18 Å². The smallest absolute Gasteiger partial charge is 0.258 e. The summed E-state index contributed by atoms with van der Waals surface area (Å²) in [5, 5.41) is 5.27. The van der Waals surface area contributed by atoms with E-state index in [0.717, 1.165) is 47.2 Å². The van der Waals surface area contributed by atoms with Crippen LogP contribution in [0.2, 0.25) is 5.02 Å².